The highest BCUT2D eigenvalue weighted by Gasteiger charge is 2.39. The van der Waals surface area contributed by atoms with Crippen molar-refractivity contribution in [1.82, 2.24) is 0 Å². The number of rotatable bonds is 10. The Labute approximate surface area is 160 Å². The van der Waals surface area contributed by atoms with E-state index in [1.54, 1.807) is 0 Å². The summed E-state index contributed by atoms with van der Waals surface area (Å²) in [5.41, 5.74) is -0.519. The number of carbonyl (C=O) groups excluding carboxylic acids is 2. The van der Waals surface area contributed by atoms with Crippen molar-refractivity contribution in [3.63, 3.8) is 0 Å². The first kappa shape index (κ1) is 23.0. The van der Waals surface area contributed by atoms with Crippen LogP contribution in [-0.4, -0.2) is 24.1 Å². The summed E-state index contributed by atoms with van der Waals surface area (Å²) >= 11 is 0. The van der Waals surface area contributed by atoms with Crippen molar-refractivity contribution in [3.05, 3.63) is 0 Å². The molecule has 0 aromatic carbocycles. The molecule has 1 aliphatic rings. The summed E-state index contributed by atoms with van der Waals surface area (Å²) in [6.07, 6.45) is 10.4. The summed E-state index contributed by atoms with van der Waals surface area (Å²) in [5, 5.41) is 0. The third kappa shape index (κ3) is 8.55. The van der Waals surface area contributed by atoms with Crippen molar-refractivity contribution in [2.45, 2.75) is 104 Å². The fraction of sp³-hybridized carbons (Fsp3) is 0.909. The highest BCUT2D eigenvalue weighted by molar-refractivity contribution is 5.82. The van der Waals surface area contributed by atoms with Crippen LogP contribution in [0.1, 0.15) is 98.8 Å². The smallest absolute Gasteiger partial charge is 0.310 e. The van der Waals surface area contributed by atoms with Crippen LogP contribution in [0.2, 0.25) is 0 Å². The Morgan fingerprint density at radius 2 is 1.54 bits per heavy atom. The minimum atomic E-state index is -0.519. The van der Waals surface area contributed by atoms with Crippen LogP contribution in [-0.2, 0) is 19.1 Å². The molecule has 0 saturated heterocycles. The van der Waals surface area contributed by atoms with Crippen LogP contribution in [0.25, 0.3) is 0 Å². The van der Waals surface area contributed by atoms with E-state index in [2.05, 4.69) is 13.8 Å². The molecule has 3 unspecified atom stereocenters. The number of carbonyl (C=O) groups is 2. The molecule has 0 amide bonds. The molecule has 0 aromatic heterocycles. The molecule has 3 atom stereocenters. The van der Waals surface area contributed by atoms with Gasteiger partial charge in [0.15, 0.2) is 0 Å². The van der Waals surface area contributed by atoms with Crippen LogP contribution >= 0.6 is 0 Å². The second-order valence-electron chi connectivity index (χ2n) is 8.81. The van der Waals surface area contributed by atoms with E-state index in [9.17, 15) is 9.59 Å². The minimum absolute atomic E-state index is 0.197. The van der Waals surface area contributed by atoms with Crippen molar-refractivity contribution in [2.24, 2.45) is 17.8 Å². The zero-order valence-electron chi connectivity index (χ0n) is 17.6. The molecule has 4 nitrogen and oxygen atoms in total. The van der Waals surface area contributed by atoms with Crippen LogP contribution in [0.15, 0.2) is 0 Å². The van der Waals surface area contributed by atoms with E-state index in [0.29, 0.717) is 12.5 Å². The Balaban J connectivity index is 2.59. The first-order chi connectivity index (χ1) is 12.3. The van der Waals surface area contributed by atoms with Gasteiger partial charge < -0.3 is 9.47 Å². The summed E-state index contributed by atoms with van der Waals surface area (Å²) in [6, 6.07) is 0. The molecule has 1 aliphatic carbocycles. The Morgan fingerprint density at radius 1 is 0.923 bits per heavy atom. The maximum atomic E-state index is 12.7. The van der Waals surface area contributed by atoms with Crippen molar-refractivity contribution >= 4 is 11.9 Å². The second-order valence-corrected chi connectivity index (χ2v) is 8.81. The summed E-state index contributed by atoms with van der Waals surface area (Å²) in [4.78, 5) is 25.2. The van der Waals surface area contributed by atoms with Crippen LogP contribution in [0.5, 0.6) is 0 Å². The Kier molecular flexibility index (Phi) is 10.3. The molecule has 26 heavy (non-hydrogen) atoms. The number of unbranched alkanes of at least 4 members (excludes halogenated alkanes) is 2. The summed E-state index contributed by atoms with van der Waals surface area (Å²) in [7, 11) is 0. The first-order valence-electron chi connectivity index (χ1n) is 10.7. The fourth-order valence-electron chi connectivity index (χ4n) is 3.78. The largest absolute Gasteiger partial charge is 0.465 e. The predicted octanol–water partition coefficient (Wildman–Crippen LogP) is 5.67. The number of hydrogen-bond acceptors (Lipinski definition) is 4. The van der Waals surface area contributed by atoms with E-state index in [4.69, 9.17) is 9.47 Å². The molecule has 0 aliphatic heterocycles. The van der Waals surface area contributed by atoms with Gasteiger partial charge in [0, 0.05) is 0 Å². The van der Waals surface area contributed by atoms with E-state index in [0.717, 1.165) is 44.9 Å². The second kappa shape index (κ2) is 11.6. The standard InChI is InChI=1S/C22H40O4/c1-6-8-9-13-17(12-7-2)16-25-20(23)18-14-10-11-15-19(18)21(24)26-22(3,4)5/h17-19H,6-16H2,1-5H3. The van der Waals surface area contributed by atoms with Gasteiger partial charge in [-0.3, -0.25) is 9.59 Å². The Bertz CT molecular complexity index is 424. The van der Waals surface area contributed by atoms with Gasteiger partial charge in [-0.25, -0.2) is 0 Å². The van der Waals surface area contributed by atoms with Crippen LogP contribution in [0.3, 0.4) is 0 Å². The zero-order valence-corrected chi connectivity index (χ0v) is 17.6. The lowest BCUT2D eigenvalue weighted by molar-refractivity contribution is -0.170. The summed E-state index contributed by atoms with van der Waals surface area (Å²) in [5.74, 6) is -0.680. The van der Waals surface area contributed by atoms with Crippen molar-refractivity contribution < 1.29 is 19.1 Å². The van der Waals surface area contributed by atoms with Crippen molar-refractivity contribution in [2.75, 3.05) is 6.61 Å². The molecule has 0 heterocycles. The Hall–Kier alpha value is -1.06. The van der Waals surface area contributed by atoms with Gasteiger partial charge in [-0.05, 0) is 52.4 Å². The van der Waals surface area contributed by atoms with Gasteiger partial charge >= 0.3 is 11.9 Å². The van der Waals surface area contributed by atoms with Gasteiger partial charge in [0.25, 0.3) is 0 Å². The lowest BCUT2D eigenvalue weighted by Gasteiger charge is -2.31. The van der Waals surface area contributed by atoms with E-state index in [1.165, 1.54) is 19.3 Å². The Morgan fingerprint density at radius 3 is 2.08 bits per heavy atom. The molecular formula is C22H40O4. The van der Waals surface area contributed by atoms with Gasteiger partial charge in [0.2, 0.25) is 0 Å². The molecular weight excluding hydrogens is 328 g/mol. The topological polar surface area (TPSA) is 52.6 Å². The molecule has 0 radical (unpaired) electrons. The van der Waals surface area contributed by atoms with Crippen LogP contribution in [0.4, 0.5) is 0 Å². The predicted molar refractivity (Wildman–Crippen MR) is 105 cm³/mol. The molecule has 0 N–H and O–H groups in total. The SMILES string of the molecule is CCCCCC(CCC)COC(=O)C1CCCCC1C(=O)OC(C)(C)C. The lowest BCUT2D eigenvalue weighted by atomic mass is 9.79. The van der Waals surface area contributed by atoms with Gasteiger partial charge in [0.1, 0.15) is 5.60 Å². The molecule has 4 heteroatoms. The summed E-state index contributed by atoms with van der Waals surface area (Å²) in [6.45, 7) is 10.5. The van der Waals surface area contributed by atoms with Gasteiger partial charge in [0.05, 0.1) is 18.4 Å². The van der Waals surface area contributed by atoms with Crippen LogP contribution in [0, 0.1) is 17.8 Å². The molecule has 152 valence electrons. The quantitative estimate of drug-likeness (QED) is 0.368. The molecule has 1 rings (SSSR count). The average molecular weight is 369 g/mol. The maximum Gasteiger partial charge on any atom is 0.310 e. The highest BCUT2D eigenvalue weighted by atomic mass is 16.6. The van der Waals surface area contributed by atoms with Gasteiger partial charge in [-0.15, -0.1) is 0 Å². The highest BCUT2D eigenvalue weighted by Crippen LogP contribution is 2.33. The van der Waals surface area contributed by atoms with E-state index >= 15 is 0 Å². The molecule has 1 saturated carbocycles. The third-order valence-electron chi connectivity index (χ3n) is 5.15. The maximum absolute atomic E-state index is 12.7. The third-order valence-corrected chi connectivity index (χ3v) is 5.15. The number of ether oxygens (including phenoxy) is 2. The van der Waals surface area contributed by atoms with E-state index < -0.39 is 5.60 Å². The molecule has 1 fully saturated rings. The molecule has 0 bridgehead atoms. The normalized spacial score (nSPS) is 21.9. The number of hydrogen-bond donors (Lipinski definition) is 0. The van der Waals surface area contributed by atoms with E-state index in [-0.39, 0.29) is 23.8 Å². The lowest BCUT2D eigenvalue weighted by Crippen LogP contribution is -2.38. The average Bonchev–Trinajstić information content (AvgIpc) is 2.58. The molecule has 0 aromatic rings. The minimum Gasteiger partial charge on any atom is -0.465 e. The van der Waals surface area contributed by atoms with Gasteiger partial charge in [-0.1, -0.05) is 52.4 Å². The van der Waals surface area contributed by atoms with E-state index in [1.807, 2.05) is 20.8 Å². The monoisotopic (exact) mass is 368 g/mol. The van der Waals surface area contributed by atoms with Gasteiger partial charge in [-0.2, -0.15) is 0 Å². The van der Waals surface area contributed by atoms with Crippen molar-refractivity contribution in [1.29, 1.82) is 0 Å². The number of esters is 2. The zero-order chi connectivity index (χ0) is 19.6. The van der Waals surface area contributed by atoms with Crippen LogP contribution < -0.4 is 0 Å². The fourth-order valence-corrected chi connectivity index (χ4v) is 3.78. The summed E-state index contributed by atoms with van der Waals surface area (Å²) < 4.78 is 11.2. The molecule has 0 spiro atoms. The van der Waals surface area contributed by atoms with Crippen molar-refractivity contribution in [3.8, 4) is 0 Å². The first-order valence-corrected chi connectivity index (χ1v) is 10.7.